The van der Waals surface area contributed by atoms with Crippen LogP contribution in [0.15, 0.2) is 11.6 Å². The summed E-state index contributed by atoms with van der Waals surface area (Å²) < 4.78 is 18.5. The van der Waals surface area contributed by atoms with Crippen molar-refractivity contribution in [2.24, 2.45) is 45.8 Å². The van der Waals surface area contributed by atoms with Crippen LogP contribution in [-0.2, 0) is 18.7 Å². The normalized spacial score (nSPS) is 44.1. The molecule has 0 heterocycles. The van der Waals surface area contributed by atoms with E-state index in [1.165, 1.54) is 51.2 Å². The summed E-state index contributed by atoms with van der Waals surface area (Å²) in [5.74, 6) is 3.08. The molecule has 0 saturated heterocycles. The molecular formula is C31H52O4Si. The van der Waals surface area contributed by atoms with Gasteiger partial charge < -0.3 is 13.9 Å². The Morgan fingerprint density at radius 1 is 1.17 bits per heavy atom. The van der Waals surface area contributed by atoms with Gasteiger partial charge in [-0.15, -0.1) is 0 Å². The Morgan fingerprint density at radius 2 is 1.89 bits per heavy atom. The molecule has 2 unspecified atom stereocenters. The molecule has 0 amide bonds. The molecule has 204 valence electrons. The van der Waals surface area contributed by atoms with Crippen molar-refractivity contribution in [1.29, 1.82) is 0 Å². The average molecular weight is 517 g/mol. The summed E-state index contributed by atoms with van der Waals surface area (Å²) in [5.41, 5.74) is 2.41. The Balaban J connectivity index is 1.48. The number of ether oxygens (including phenoxy) is 2. The maximum absolute atomic E-state index is 12.3. The lowest BCUT2D eigenvalue weighted by molar-refractivity contribution is -0.160. The van der Waals surface area contributed by atoms with E-state index in [9.17, 15) is 4.79 Å². The molecule has 0 aromatic rings. The minimum atomic E-state index is -1.91. The molecule has 36 heavy (non-hydrogen) atoms. The monoisotopic (exact) mass is 516 g/mol. The van der Waals surface area contributed by atoms with Gasteiger partial charge in [0.2, 0.25) is 0 Å². The Morgan fingerprint density at radius 3 is 2.50 bits per heavy atom. The standard InChI is InChI=1S/C31H52O4Si/c1-20(16-27(32)34-7)23-10-11-25-22-17-26(33-6)31-18-21(31)12-14-29(31,5)24(22)13-15-30(23,25)19-35-36(8,9)28(2,3)4/h10,20-22,24-26H,11-19H2,1-9H3/t20-,21?,22-,24+,25+,26-,29-,30+,31?/m1/s1. The third-order valence-corrected chi connectivity index (χ3v) is 17.4. The minimum Gasteiger partial charge on any atom is -0.469 e. The quantitative estimate of drug-likeness (QED) is 0.201. The summed E-state index contributed by atoms with van der Waals surface area (Å²) in [6, 6.07) is 0. The molecule has 5 rings (SSSR count). The first-order valence-corrected chi connectivity index (χ1v) is 17.6. The van der Waals surface area contributed by atoms with Crippen LogP contribution in [0.2, 0.25) is 18.1 Å². The number of hydrogen-bond donors (Lipinski definition) is 0. The summed E-state index contributed by atoms with van der Waals surface area (Å²) >= 11 is 0. The van der Waals surface area contributed by atoms with Crippen LogP contribution in [0.3, 0.4) is 0 Å². The van der Waals surface area contributed by atoms with Gasteiger partial charge in [0.15, 0.2) is 8.32 Å². The van der Waals surface area contributed by atoms with Crippen LogP contribution in [0.4, 0.5) is 0 Å². The zero-order valence-corrected chi connectivity index (χ0v) is 25.5. The number of methoxy groups -OCH3 is 2. The molecule has 9 atom stereocenters. The van der Waals surface area contributed by atoms with Gasteiger partial charge in [-0.3, -0.25) is 4.79 Å². The highest BCUT2D eigenvalue weighted by molar-refractivity contribution is 6.74. The molecule has 5 aliphatic carbocycles. The molecule has 4 nitrogen and oxygen atoms in total. The zero-order valence-electron chi connectivity index (χ0n) is 24.5. The number of allylic oxidation sites excluding steroid dienone is 1. The van der Waals surface area contributed by atoms with Crippen molar-refractivity contribution in [3.63, 3.8) is 0 Å². The summed E-state index contributed by atoms with van der Waals surface area (Å²) in [7, 11) is 1.58. The predicted molar refractivity (Wildman–Crippen MR) is 147 cm³/mol. The van der Waals surface area contributed by atoms with Crippen LogP contribution in [-0.4, -0.2) is 41.2 Å². The largest absolute Gasteiger partial charge is 0.469 e. The Labute approximate surface area is 221 Å². The molecule has 0 radical (unpaired) electrons. The Kier molecular flexibility index (Phi) is 6.49. The van der Waals surface area contributed by atoms with Crippen molar-refractivity contribution in [2.45, 2.75) is 110 Å². The average Bonchev–Trinajstić information content (AvgIpc) is 3.29. The van der Waals surface area contributed by atoms with Crippen LogP contribution >= 0.6 is 0 Å². The van der Waals surface area contributed by atoms with Gasteiger partial charge in [-0.2, -0.15) is 0 Å². The summed E-state index contributed by atoms with van der Waals surface area (Å²) in [6.07, 6.45) is 12.4. The predicted octanol–water partition coefficient (Wildman–Crippen LogP) is 7.39. The Bertz CT molecular complexity index is 920. The van der Waals surface area contributed by atoms with E-state index >= 15 is 0 Å². The van der Waals surface area contributed by atoms with Crippen LogP contribution in [0.5, 0.6) is 0 Å². The third kappa shape index (κ3) is 3.61. The molecular weight excluding hydrogens is 464 g/mol. The van der Waals surface area contributed by atoms with Crippen molar-refractivity contribution in [1.82, 2.24) is 0 Å². The molecule has 1 spiro atoms. The topological polar surface area (TPSA) is 44.8 Å². The van der Waals surface area contributed by atoms with E-state index < -0.39 is 8.32 Å². The van der Waals surface area contributed by atoms with Crippen molar-refractivity contribution in [2.75, 3.05) is 20.8 Å². The highest BCUT2D eigenvalue weighted by Gasteiger charge is 2.77. The highest BCUT2D eigenvalue weighted by atomic mass is 28.4. The molecule has 0 bridgehead atoms. The number of carbonyl (C=O) groups is 1. The van der Waals surface area contributed by atoms with Gasteiger partial charge >= 0.3 is 5.97 Å². The third-order valence-electron chi connectivity index (χ3n) is 12.9. The van der Waals surface area contributed by atoms with E-state index in [0.29, 0.717) is 35.2 Å². The fraction of sp³-hybridized carbons (Fsp3) is 0.903. The number of rotatable bonds is 7. The zero-order chi connectivity index (χ0) is 26.3. The van der Waals surface area contributed by atoms with Crippen molar-refractivity contribution < 1.29 is 18.7 Å². The van der Waals surface area contributed by atoms with Crippen molar-refractivity contribution in [3.8, 4) is 0 Å². The van der Waals surface area contributed by atoms with E-state index in [0.717, 1.165) is 24.9 Å². The SMILES string of the molecule is COC(=O)C[C@@H](C)C1=CC[C@H]2[C@@H]3C[C@@H](OC)C45CC4CC[C@]5(C)[C@H]3CC[C@]12CO[Si](C)(C)C(C)(C)C. The number of carbonyl (C=O) groups excluding carboxylic acids is 1. The molecule has 5 aliphatic rings. The lowest BCUT2D eigenvalue weighted by Gasteiger charge is -2.61. The number of fused-ring (bicyclic) bond motifs is 4. The van der Waals surface area contributed by atoms with Gasteiger partial charge in [0, 0.05) is 24.5 Å². The van der Waals surface area contributed by atoms with E-state index in [4.69, 9.17) is 13.9 Å². The van der Waals surface area contributed by atoms with Crippen LogP contribution in [0.1, 0.15) is 86.0 Å². The van der Waals surface area contributed by atoms with Crippen LogP contribution in [0, 0.1) is 45.8 Å². The van der Waals surface area contributed by atoms with E-state index in [-0.39, 0.29) is 22.3 Å². The minimum absolute atomic E-state index is 0.0465. The molecule has 0 aromatic heterocycles. The molecule has 0 aromatic carbocycles. The molecule has 4 saturated carbocycles. The Hall–Kier alpha value is -0.653. The molecule has 5 heteroatoms. The van der Waals surface area contributed by atoms with Gasteiger partial charge in [0.05, 0.1) is 19.6 Å². The fourth-order valence-corrected chi connectivity index (χ4v) is 11.0. The van der Waals surface area contributed by atoms with Gasteiger partial charge in [-0.25, -0.2) is 0 Å². The second-order valence-corrected chi connectivity index (χ2v) is 19.9. The van der Waals surface area contributed by atoms with E-state index in [1.54, 1.807) is 0 Å². The number of hydrogen-bond acceptors (Lipinski definition) is 4. The molecule has 0 aliphatic heterocycles. The summed E-state index contributed by atoms with van der Waals surface area (Å²) in [6.45, 7) is 17.5. The van der Waals surface area contributed by atoms with Crippen molar-refractivity contribution >= 4 is 14.3 Å². The first kappa shape index (κ1) is 26.9. The van der Waals surface area contributed by atoms with Gasteiger partial charge in [-0.05, 0) is 98.1 Å². The first-order valence-electron chi connectivity index (χ1n) is 14.7. The number of esters is 1. The molecule has 4 fully saturated rings. The van der Waals surface area contributed by atoms with E-state index in [2.05, 4.69) is 53.8 Å². The fourth-order valence-electron chi connectivity index (χ4n) is 9.93. The maximum atomic E-state index is 12.3. The lowest BCUT2D eigenvalue weighted by atomic mass is 9.45. The lowest BCUT2D eigenvalue weighted by Crippen LogP contribution is -2.58. The second-order valence-electron chi connectivity index (χ2n) is 15.1. The summed E-state index contributed by atoms with van der Waals surface area (Å²) in [4.78, 5) is 12.3. The van der Waals surface area contributed by atoms with Crippen molar-refractivity contribution in [3.05, 3.63) is 11.6 Å². The first-order chi connectivity index (χ1) is 16.8. The van der Waals surface area contributed by atoms with Crippen LogP contribution in [0.25, 0.3) is 0 Å². The van der Waals surface area contributed by atoms with Gasteiger partial charge in [-0.1, -0.05) is 46.3 Å². The van der Waals surface area contributed by atoms with Gasteiger partial charge in [0.1, 0.15) is 0 Å². The summed E-state index contributed by atoms with van der Waals surface area (Å²) in [5, 5.41) is 0.188. The molecule has 0 N–H and O–H groups in total. The maximum Gasteiger partial charge on any atom is 0.306 e. The smallest absolute Gasteiger partial charge is 0.306 e. The second kappa shape index (κ2) is 8.68. The van der Waals surface area contributed by atoms with E-state index in [1.807, 2.05) is 7.11 Å². The van der Waals surface area contributed by atoms with Crippen LogP contribution < -0.4 is 0 Å². The van der Waals surface area contributed by atoms with Gasteiger partial charge in [0.25, 0.3) is 0 Å². The highest BCUT2D eigenvalue weighted by Crippen LogP contribution is 2.82.